The van der Waals surface area contributed by atoms with Crippen LogP contribution in [0.5, 0.6) is 0 Å². The zero-order chi connectivity index (χ0) is 15.8. The molecule has 0 saturated carbocycles. The van der Waals surface area contributed by atoms with Gasteiger partial charge in [0.1, 0.15) is 11.6 Å². The average Bonchev–Trinajstić information content (AvgIpc) is 2.25. The van der Waals surface area contributed by atoms with Crippen molar-refractivity contribution < 1.29 is 9.85 Å². The maximum absolute atomic E-state index is 11.3. The third kappa shape index (κ3) is 2.32. The number of nitro benzene ring substituents is 2. The Balaban J connectivity index is 4.10. The lowest BCUT2D eigenvalue weighted by atomic mass is 9.79. The summed E-state index contributed by atoms with van der Waals surface area (Å²) in [5, 5.41) is 31.7. The summed E-state index contributed by atoms with van der Waals surface area (Å²) < 4.78 is 0. The van der Waals surface area contributed by atoms with Gasteiger partial charge in [0, 0.05) is 5.56 Å². The minimum Gasteiger partial charge on any atom is -0.258 e. The summed E-state index contributed by atoms with van der Waals surface area (Å²) in [4.78, 5) is 21.1. The molecule has 0 bridgehead atoms. The molecule has 7 heteroatoms. The van der Waals surface area contributed by atoms with E-state index in [2.05, 4.69) is 0 Å². The van der Waals surface area contributed by atoms with Gasteiger partial charge in [0.05, 0.1) is 21.0 Å². The summed E-state index contributed by atoms with van der Waals surface area (Å²) in [5.74, 6) is 0. The predicted molar refractivity (Wildman–Crippen MR) is 72.6 cm³/mol. The van der Waals surface area contributed by atoms with Gasteiger partial charge in [0.15, 0.2) is 0 Å². The molecule has 0 unspecified atom stereocenters. The highest BCUT2D eigenvalue weighted by molar-refractivity contribution is 5.70. The first-order valence-electron chi connectivity index (χ1n) is 5.90. The zero-order valence-corrected chi connectivity index (χ0v) is 12.0. The number of benzene rings is 1. The minimum absolute atomic E-state index is 0.0126. The molecular formula is C13H15N3O4. The van der Waals surface area contributed by atoms with Crippen LogP contribution in [-0.4, -0.2) is 9.85 Å². The van der Waals surface area contributed by atoms with E-state index in [4.69, 9.17) is 0 Å². The maximum Gasteiger partial charge on any atom is 0.284 e. The van der Waals surface area contributed by atoms with Gasteiger partial charge in [-0.05, 0) is 19.3 Å². The highest BCUT2D eigenvalue weighted by atomic mass is 16.6. The standard InChI is InChI=1S/C13H15N3O4/c1-7-9(6-14)10(13(3,4)5)12(16(19)20)8(2)11(7)15(17)18/h1-5H3. The summed E-state index contributed by atoms with van der Waals surface area (Å²) in [6.07, 6.45) is 0. The Morgan fingerprint density at radius 3 is 1.75 bits per heavy atom. The molecule has 0 aromatic heterocycles. The summed E-state index contributed by atoms with van der Waals surface area (Å²) in [7, 11) is 0. The van der Waals surface area contributed by atoms with Crippen LogP contribution in [-0.2, 0) is 5.41 Å². The van der Waals surface area contributed by atoms with Crippen molar-refractivity contribution in [1.29, 1.82) is 5.26 Å². The highest BCUT2D eigenvalue weighted by Gasteiger charge is 2.37. The molecule has 7 nitrogen and oxygen atoms in total. The van der Waals surface area contributed by atoms with E-state index in [0.717, 1.165) is 0 Å². The molecule has 1 aromatic rings. The van der Waals surface area contributed by atoms with E-state index in [-0.39, 0.29) is 33.6 Å². The van der Waals surface area contributed by atoms with E-state index >= 15 is 0 Å². The van der Waals surface area contributed by atoms with E-state index in [1.165, 1.54) is 13.8 Å². The lowest BCUT2D eigenvalue weighted by Gasteiger charge is -2.22. The summed E-state index contributed by atoms with van der Waals surface area (Å²) in [6, 6.07) is 1.88. The molecule has 0 saturated heterocycles. The van der Waals surface area contributed by atoms with Crippen LogP contribution in [0.1, 0.15) is 43.0 Å². The fourth-order valence-corrected chi connectivity index (χ4v) is 2.38. The molecule has 1 rings (SSSR count). The molecule has 0 radical (unpaired) electrons. The van der Waals surface area contributed by atoms with Gasteiger partial charge in [0.25, 0.3) is 11.4 Å². The van der Waals surface area contributed by atoms with Gasteiger partial charge in [-0.25, -0.2) is 0 Å². The second kappa shape index (κ2) is 4.89. The topological polar surface area (TPSA) is 110 Å². The number of hydrogen-bond donors (Lipinski definition) is 0. The molecule has 0 aliphatic carbocycles. The molecule has 0 aliphatic heterocycles. The molecule has 0 spiro atoms. The zero-order valence-electron chi connectivity index (χ0n) is 12.0. The summed E-state index contributed by atoms with van der Waals surface area (Å²) in [6.45, 7) is 8.00. The van der Waals surface area contributed by atoms with Crippen LogP contribution in [0.15, 0.2) is 0 Å². The SMILES string of the molecule is Cc1c(C#N)c(C(C)(C)C)c([N+](=O)[O-])c(C)c1[N+](=O)[O-]. The minimum atomic E-state index is -0.676. The van der Waals surface area contributed by atoms with Crippen molar-refractivity contribution in [3.63, 3.8) is 0 Å². The maximum atomic E-state index is 11.3. The molecule has 0 aliphatic rings. The average molecular weight is 277 g/mol. The number of nitrogens with zero attached hydrogens (tertiary/aromatic N) is 3. The Bertz CT molecular complexity index is 651. The summed E-state index contributed by atoms with van der Waals surface area (Å²) >= 11 is 0. The molecule has 106 valence electrons. The van der Waals surface area contributed by atoms with Crippen LogP contribution < -0.4 is 0 Å². The smallest absolute Gasteiger partial charge is 0.258 e. The third-order valence-electron chi connectivity index (χ3n) is 3.15. The molecule has 0 N–H and O–H groups in total. The Kier molecular flexibility index (Phi) is 3.80. The van der Waals surface area contributed by atoms with Crippen molar-refractivity contribution >= 4 is 11.4 Å². The Morgan fingerprint density at radius 2 is 1.45 bits per heavy atom. The molecule has 1 aromatic carbocycles. The van der Waals surface area contributed by atoms with Crippen LogP contribution in [0.4, 0.5) is 11.4 Å². The summed E-state index contributed by atoms with van der Waals surface area (Å²) in [5.41, 5.74) is -0.954. The van der Waals surface area contributed by atoms with Crippen molar-refractivity contribution in [2.24, 2.45) is 0 Å². The number of nitriles is 1. The van der Waals surface area contributed by atoms with Crippen molar-refractivity contribution in [3.05, 3.63) is 42.5 Å². The van der Waals surface area contributed by atoms with Crippen molar-refractivity contribution in [1.82, 2.24) is 0 Å². The lowest BCUT2D eigenvalue weighted by molar-refractivity contribution is -0.396. The largest absolute Gasteiger partial charge is 0.284 e. The monoisotopic (exact) mass is 277 g/mol. The quantitative estimate of drug-likeness (QED) is 0.608. The molecule has 0 amide bonds. The molecular weight excluding hydrogens is 262 g/mol. The van der Waals surface area contributed by atoms with Crippen molar-refractivity contribution in [2.75, 3.05) is 0 Å². The lowest BCUT2D eigenvalue weighted by Crippen LogP contribution is -2.19. The van der Waals surface area contributed by atoms with Crippen LogP contribution in [0, 0.1) is 45.4 Å². The van der Waals surface area contributed by atoms with Crippen LogP contribution in [0.2, 0.25) is 0 Å². The highest BCUT2D eigenvalue weighted by Crippen LogP contribution is 2.42. The third-order valence-corrected chi connectivity index (χ3v) is 3.15. The first kappa shape index (κ1) is 15.6. The second-order valence-corrected chi connectivity index (χ2v) is 5.57. The number of rotatable bonds is 2. The van der Waals surface area contributed by atoms with Crippen LogP contribution >= 0.6 is 0 Å². The fraction of sp³-hybridized carbons (Fsp3) is 0.462. The van der Waals surface area contributed by atoms with Gasteiger partial charge in [-0.3, -0.25) is 20.2 Å². The van der Waals surface area contributed by atoms with Gasteiger partial charge < -0.3 is 0 Å². The molecule has 0 heterocycles. The van der Waals surface area contributed by atoms with Gasteiger partial charge in [-0.15, -0.1) is 0 Å². The predicted octanol–water partition coefficient (Wildman–Crippen LogP) is 3.29. The normalized spacial score (nSPS) is 11.0. The fourth-order valence-electron chi connectivity index (χ4n) is 2.38. The Hall–Kier alpha value is -2.49. The van der Waals surface area contributed by atoms with E-state index in [0.29, 0.717) is 0 Å². The van der Waals surface area contributed by atoms with Gasteiger partial charge in [-0.1, -0.05) is 20.8 Å². The van der Waals surface area contributed by atoms with E-state index < -0.39 is 15.3 Å². The second-order valence-electron chi connectivity index (χ2n) is 5.57. The van der Waals surface area contributed by atoms with E-state index in [1.807, 2.05) is 6.07 Å². The number of nitro groups is 2. The van der Waals surface area contributed by atoms with Gasteiger partial charge in [0.2, 0.25) is 0 Å². The van der Waals surface area contributed by atoms with Crippen molar-refractivity contribution in [3.8, 4) is 6.07 Å². The first-order chi connectivity index (χ1) is 9.03. The first-order valence-corrected chi connectivity index (χ1v) is 5.90. The Morgan fingerprint density at radius 1 is 1.00 bits per heavy atom. The van der Waals surface area contributed by atoms with Crippen LogP contribution in [0.25, 0.3) is 0 Å². The van der Waals surface area contributed by atoms with Gasteiger partial charge >= 0.3 is 0 Å². The Labute approximate surface area is 116 Å². The van der Waals surface area contributed by atoms with E-state index in [9.17, 15) is 25.5 Å². The molecule has 0 atom stereocenters. The number of hydrogen-bond acceptors (Lipinski definition) is 5. The van der Waals surface area contributed by atoms with E-state index in [1.54, 1.807) is 20.8 Å². The van der Waals surface area contributed by atoms with Crippen molar-refractivity contribution in [2.45, 2.75) is 40.0 Å². The molecule has 20 heavy (non-hydrogen) atoms. The molecule has 0 fully saturated rings. The van der Waals surface area contributed by atoms with Gasteiger partial charge in [-0.2, -0.15) is 5.26 Å². The van der Waals surface area contributed by atoms with Crippen LogP contribution in [0.3, 0.4) is 0 Å².